The van der Waals surface area contributed by atoms with Crippen molar-refractivity contribution in [1.82, 2.24) is 14.3 Å². The number of amides is 1. The highest BCUT2D eigenvalue weighted by atomic mass is 32.2. The van der Waals surface area contributed by atoms with Crippen LogP contribution in [0.4, 0.5) is 5.82 Å². The van der Waals surface area contributed by atoms with Crippen molar-refractivity contribution in [3.63, 3.8) is 0 Å². The van der Waals surface area contributed by atoms with Crippen LogP contribution in [-0.4, -0.2) is 54.5 Å². The largest absolute Gasteiger partial charge is 0.296 e. The SMILES string of the molecule is Cc1nc(C2CCN(S(C)(=O)=O)CC2)nc2c1CCC(=O)N2CC(C)C. The fourth-order valence-corrected chi connectivity index (χ4v) is 4.66. The number of hydrogen-bond acceptors (Lipinski definition) is 5. The number of piperidine rings is 1. The predicted octanol–water partition coefficient (Wildman–Crippen LogP) is 1.86. The number of aromatic nitrogens is 2. The van der Waals surface area contributed by atoms with Crippen LogP contribution >= 0.6 is 0 Å². The Hall–Kier alpha value is -1.54. The van der Waals surface area contributed by atoms with Crippen LogP contribution in [0.5, 0.6) is 0 Å². The molecule has 2 aliphatic heterocycles. The first-order chi connectivity index (χ1) is 12.2. The van der Waals surface area contributed by atoms with Crippen LogP contribution in [0.3, 0.4) is 0 Å². The van der Waals surface area contributed by atoms with E-state index in [-0.39, 0.29) is 11.8 Å². The Morgan fingerprint density at radius 3 is 2.38 bits per heavy atom. The molecule has 0 aromatic carbocycles. The van der Waals surface area contributed by atoms with Crippen LogP contribution in [0.15, 0.2) is 0 Å². The van der Waals surface area contributed by atoms with Gasteiger partial charge in [0.1, 0.15) is 11.6 Å². The van der Waals surface area contributed by atoms with Crippen molar-refractivity contribution in [3.05, 3.63) is 17.1 Å². The molecule has 1 amide bonds. The van der Waals surface area contributed by atoms with Gasteiger partial charge in [-0.15, -0.1) is 0 Å². The van der Waals surface area contributed by atoms with Crippen molar-refractivity contribution >= 4 is 21.7 Å². The van der Waals surface area contributed by atoms with Crippen molar-refractivity contribution < 1.29 is 13.2 Å². The Labute approximate surface area is 155 Å². The molecule has 0 unspecified atom stereocenters. The summed E-state index contributed by atoms with van der Waals surface area (Å²) >= 11 is 0. The molecular weight excluding hydrogens is 352 g/mol. The van der Waals surface area contributed by atoms with Crippen molar-refractivity contribution in [2.45, 2.75) is 52.4 Å². The normalized spacial score (nSPS) is 19.9. The molecule has 26 heavy (non-hydrogen) atoms. The Morgan fingerprint density at radius 1 is 1.15 bits per heavy atom. The van der Waals surface area contributed by atoms with Gasteiger partial charge in [0.15, 0.2) is 0 Å². The van der Waals surface area contributed by atoms with Crippen LogP contribution in [0.1, 0.15) is 56.1 Å². The van der Waals surface area contributed by atoms with E-state index in [0.717, 1.165) is 22.9 Å². The zero-order chi connectivity index (χ0) is 19.1. The number of fused-ring (bicyclic) bond motifs is 1. The molecule has 0 aliphatic carbocycles. The van der Waals surface area contributed by atoms with E-state index in [1.165, 1.54) is 10.6 Å². The average molecular weight is 381 g/mol. The molecule has 0 bridgehead atoms. The molecule has 0 atom stereocenters. The van der Waals surface area contributed by atoms with Crippen LogP contribution in [0.2, 0.25) is 0 Å². The third-order valence-corrected chi connectivity index (χ3v) is 6.49. The van der Waals surface area contributed by atoms with Gasteiger partial charge in [-0.25, -0.2) is 22.7 Å². The molecule has 0 spiro atoms. The smallest absolute Gasteiger partial charge is 0.228 e. The quantitative estimate of drug-likeness (QED) is 0.796. The van der Waals surface area contributed by atoms with E-state index < -0.39 is 10.0 Å². The second-order valence-electron chi connectivity index (χ2n) is 7.80. The Balaban J connectivity index is 1.88. The zero-order valence-corrected chi connectivity index (χ0v) is 16.8. The van der Waals surface area contributed by atoms with Crippen molar-refractivity contribution in [3.8, 4) is 0 Å². The van der Waals surface area contributed by atoms with Crippen LogP contribution in [0.25, 0.3) is 0 Å². The maximum absolute atomic E-state index is 12.4. The van der Waals surface area contributed by atoms with Crippen LogP contribution in [-0.2, 0) is 21.2 Å². The molecule has 2 aliphatic rings. The molecule has 1 saturated heterocycles. The number of sulfonamides is 1. The number of aryl methyl sites for hydroxylation is 1. The number of hydrogen-bond donors (Lipinski definition) is 0. The number of carbonyl (C=O) groups excluding carboxylic acids is 1. The molecule has 3 heterocycles. The Kier molecular flexibility index (Phi) is 5.35. The number of nitrogens with zero attached hydrogens (tertiary/aromatic N) is 4. The lowest BCUT2D eigenvalue weighted by molar-refractivity contribution is -0.119. The Morgan fingerprint density at radius 2 is 1.81 bits per heavy atom. The minimum atomic E-state index is -3.14. The first kappa shape index (κ1) is 19.2. The Bertz CT molecular complexity index is 799. The first-order valence-electron chi connectivity index (χ1n) is 9.29. The summed E-state index contributed by atoms with van der Waals surface area (Å²) in [6, 6.07) is 0. The molecule has 1 aromatic rings. The standard InChI is InChI=1S/C18H28N4O3S/c1-12(2)11-22-16(23)6-5-15-13(3)19-17(20-18(15)22)14-7-9-21(10-8-14)26(4,24)25/h12,14H,5-11H2,1-4H3. The molecule has 1 fully saturated rings. The lowest BCUT2D eigenvalue weighted by atomic mass is 9.96. The van der Waals surface area contributed by atoms with Gasteiger partial charge in [-0.2, -0.15) is 0 Å². The molecule has 8 heteroatoms. The van der Waals surface area contributed by atoms with Crippen LogP contribution in [0, 0.1) is 12.8 Å². The summed E-state index contributed by atoms with van der Waals surface area (Å²) in [5.41, 5.74) is 2.01. The van der Waals surface area contributed by atoms with E-state index in [2.05, 4.69) is 13.8 Å². The van der Waals surface area contributed by atoms with Crippen molar-refractivity contribution in [1.29, 1.82) is 0 Å². The van der Waals surface area contributed by atoms with E-state index >= 15 is 0 Å². The summed E-state index contributed by atoms with van der Waals surface area (Å²) in [5, 5.41) is 0. The zero-order valence-electron chi connectivity index (χ0n) is 16.0. The first-order valence-corrected chi connectivity index (χ1v) is 11.1. The summed E-state index contributed by atoms with van der Waals surface area (Å²) in [6.07, 6.45) is 3.88. The average Bonchev–Trinajstić information content (AvgIpc) is 2.56. The van der Waals surface area contributed by atoms with Gasteiger partial charge in [0.05, 0.1) is 6.26 Å². The van der Waals surface area contributed by atoms with Gasteiger partial charge in [0, 0.05) is 43.2 Å². The molecule has 144 valence electrons. The van der Waals surface area contributed by atoms with Gasteiger partial charge in [-0.1, -0.05) is 13.8 Å². The molecule has 7 nitrogen and oxygen atoms in total. The molecule has 0 radical (unpaired) electrons. The van der Waals surface area contributed by atoms with Crippen molar-refractivity contribution in [2.24, 2.45) is 5.92 Å². The highest BCUT2D eigenvalue weighted by Crippen LogP contribution is 2.33. The van der Waals surface area contributed by atoms with Gasteiger partial charge in [-0.3, -0.25) is 9.69 Å². The summed E-state index contributed by atoms with van der Waals surface area (Å²) < 4.78 is 24.9. The topological polar surface area (TPSA) is 83.5 Å². The van der Waals surface area contributed by atoms with E-state index in [1.807, 2.05) is 11.8 Å². The monoisotopic (exact) mass is 380 g/mol. The third kappa shape index (κ3) is 3.91. The molecule has 0 saturated carbocycles. The number of anilines is 1. The molecule has 0 N–H and O–H groups in total. The molecule has 3 rings (SSSR count). The summed E-state index contributed by atoms with van der Waals surface area (Å²) in [4.78, 5) is 23.8. The van der Waals surface area contributed by atoms with E-state index in [9.17, 15) is 13.2 Å². The number of rotatable bonds is 4. The predicted molar refractivity (Wildman–Crippen MR) is 101 cm³/mol. The van der Waals surface area contributed by atoms with Gasteiger partial charge in [0.2, 0.25) is 15.9 Å². The maximum atomic E-state index is 12.4. The van der Waals surface area contributed by atoms with Gasteiger partial charge in [0.25, 0.3) is 0 Å². The molecule has 1 aromatic heterocycles. The highest BCUT2D eigenvalue weighted by Gasteiger charge is 2.32. The lowest BCUT2D eigenvalue weighted by Gasteiger charge is -2.33. The third-order valence-electron chi connectivity index (χ3n) is 5.19. The second kappa shape index (κ2) is 7.23. The fourth-order valence-electron chi connectivity index (χ4n) is 3.78. The number of carbonyl (C=O) groups is 1. The van der Waals surface area contributed by atoms with E-state index in [0.29, 0.717) is 51.2 Å². The van der Waals surface area contributed by atoms with Gasteiger partial charge >= 0.3 is 0 Å². The van der Waals surface area contributed by atoms with Gasteiger partial charge in [-0.05, 0) is 32.1 Å². The van der Waals surface area contributed by atoms with E-state index in [4.69, 9.17) is 9.97 Å². The van der Waals surface area contributed by atoms with Crippen molar-refractivity contribution in [2.75, 3.05) is 30.8 Å². The molecular formula is C18H28N4O3S. The summed E-state index contributed by atoms with van der Waals surface area (Å²) in [5.74, 6) is 2.14. The second-order valence-corrected chi connectivity index (χ2v) is 9.79. The van der Waals surface area contributed by atoms with E-state index in [1.54, 1.807) is 0 Å². The fraction of sp³-hybridized carbons (Fsp3) is 0.722. The summed E-state index contributed by atoms with van der Waals surface area (Å²) in [6.45, 7) is 7.83. The van der Waals surface area contributed by atoms with Crippen LogP contribution < -0.4 is 4.90 Å². The lowest BCUT2D eigenvalue weighted by Crippen LogP contribution is -2.40. The summed E-state index contributed by atoms with van der Waals surface area (Å²) in [7, 11) is -3.14. The minimum absolute atomic E-state index is 0.127. The van der Waals surface area contributed by atoms with Gasteiger partial charge < -0.3 is 0 Å². The minimum Gasteiger partial charge on any atom is -0.296 e. The maximum Gasteiger partial charge on any atom is 0.228 e. The highest BCUT2D eigenvalue weighted by molar-refractivity contribution is 7.88.